The first kappa shape index (κ1) is 14.1. The normalized spacial score (nSPS) is 10.1. The van der Waals surface area contributed by atoms with Gasteiger partial charge in [0.15, 0.2) is 6.79 Å². The summed E-state index contributed by atoms with van der Waals surface area (Å²) >= 11 is 0. The van der Waals surface area contributed by atoms with E-state index in [0.29, 0.717) is 6.61 Å². The largest absolute Gasteiger partial charge is 0.495 e. The standard InChI is InChI=1S/C15H17NO4/c1-17-11-20-14-7-5-13(6-8-14)19-10-12-3-4-15(18-2)9-16-12/h3-9H,10-11H2,1-2H3. The quantitative estimate of drug-likeness (QED) is 0.727. The van der Waals surface area contributed by atoms with E-state index in [9.17, 15) is 0 Å². The average molecular weight is 275 g/mol. The number of hydrogen-bond donors (Lipinski definition) is 0. The summed E-state index contributed by atoms with van der Waals surface area (Å²) in [6.07, 6.45) is 1.67. The lowest BCUT2D eigenvalue weighted by Gasteiger charge is -2.08. The molecule has 0 saturated carbocycles. The van der Waals surface area contributed by atoms with Crippen molar-refractivity contribution in [2.75, 3.05) is 21.0 Å². The third-order valence-corrected chi connectivity index (χ3v) is 2.59. The number of nitrogens with zero attached hydrogens (tertiary/aromatic N) is 1. The summed E-state index contributed by atoms with van der Waals surface area (Å²) in [5.74, 6) is 2.22. The molecule has 5 heteroatoms. The molecule has 1 aromatic heterocycles. The highest BCUT2D eigenvalue weighted by Crippen LogP contribution is 2.18. The van der Waals surface area contributed by atoms with Gasteiger partial charge < -0.3 is 18.9 Å². The molecule has 0 aliphatic heterocycles. The molecule has 0 bridgehead atoms. The molecule has 0 unspecified atom stereocenters. The van der Waals surface area contributed by atoms with E-state index in [4.69, 9.17) is 18.9 Å². The van der Waals surface area contributed by atoms with E-state index in [1.807, 2.05) is 36.4 Å². The number of rotatable bonds is 7. The van der Waals surface area contributed by atoms with Gasteiger partial charge in [0.2, 0.25) is 0 Å². The van der Waals surface area contributed by atoms with Gasteiger partial charge >= 0.3 is 0 Å². The van der Waals surface area contributed by atoms with Gasteiger partial charge in [0.05, 0.1) is 19.0 Å². The van der Waals surface area contributed by atoms with Gasteiger partial charge in [-0.15, -0.1) is 0 Å². The molecule has 0 aliphatic carbocycles. The topological polar surface area (TPSA) is 49.8 Å². The van der Waals surface area contributed by atoms with E-state index in [2.05, 4.69) is 4.98 Å². The number of ether oxygens (including phenoxy) is 4. The molecule has 20 heavy (non-hydrogen) atoms. The summed E-state index contributed by atoms with van der Waals surface area (Å²) in [6, 6.07) is 11.1. The average Bonchev–Trinajstić information content (AvgIpc) is 2.52. The van der Waals surface area contributed by atoms with Crippen LogP contribution in [0.4, 0.5) is 0 Å². The maximum atomic E-state index is 5.63. The molecule has 0 radical (unpaired) electrons. The minimum Gasteiger partial charge on any atom is -0.495 e. The maximum Gasteiger partial charge on any atom is 0.188 e. The molecule has 2 rings (SSSR count). The van der Waals surface area contributed by atoms with Crippen molar-refractivity contribution >= 4 is 0 Å². The third kappa shape index (κ3) is 4.13. The van der Waals surface area contributed by atoms with Gasteiger partial charge in [-0.2, -0.15) is 0 Å². The highest BCUT2D eigenvalue weighted by molar-refractivity contribution is 5.31. The van der Waals surface area contributed by atoms with Gasteiger partial charge in [-0.3, -0.25) is 4.98 Å². The van der Waals surface area contributed by atoms with Crippen LogP contribution >= 0.6 is 0 Å². The summed E-state index contributed by atoms with van der Waals surface area (Å²) in [5.41, 5.74) is 0.838. The first-order valence-electron chi connectivity index (χ1n) is 6.15. The summed E-state index contributed by atoms with van der Waals surface area (Å²) in [5, 5.41) is 0. The Balaban J connectivity index is 1.86. The molecule has 0 amide bonds. The van der Waals surface area contributed by atoms with Gasteiger partial charge in [-0.25, -0.2) is 0 Å². The molecule has 1 heterocycles. The molecule has 0 spiro atoms. The number of benzene rings is 1. The van der Waals surface area contributed by atoms with Crippen LogP contribution in [-0.4, -0.2) is 26.0 Å². The van der Waals surface area contributed by atoms with E-state index >= 15 is 0 Å². The van der Waals surface area contributed by atoms with E-state index < -0.39 is 0 Å². The lowest BCUT2D eigenvalue weighted by Crippen LogP contribution is -2.00. The molecule has 2 aromatic rings. The second kappa shape index (κ2) is 7.35. The highest BCUT2D eigenvalue weighted by Gasteiger charge is 1.99. The van der Waals surface area contributed by atoms with Gasteiger partial charge in [0.25, 0.3) is 0 Å². The van der Waals surface area contributed by atoms with Gasteiger partial charge in [0, 0.05) is 7.11 Å². The molecule has 1 aromatic carbocycles. The van der Waals surface area contributed by atoms with Crippen molar-refractivity contribution in [3.05, 3.63) is 48.3 Å². The Hall–Kier alpha value is -2.27. The fourth-order valence-electron chi connectivity index (χ4n) is 1.53. The van der Waals surface area contributed by atoms with Crippen molar-refractivity contribution in [3.63, 3.8) is 0 Å². The number of pyridine rings is 1. The Labute approximate surface area is 118 Å². The lowest BCUT2D eigenvalue weighted by molar-refractivity contribution is 0.0511. The molecular weight excluding hydrogens is 258 g/mol. The summed E-state index contributed by atoms with van der Waals surface area (Å²) < 4.78 is 20.8. The first-order valence-corrected chi connectivity index (χ1v) is 6.15. The molecule has 0 saturated heterocycles. The Morgan fingerprint density at radius 3 is 2.05 bits per heavy atom. The van der Waals surface area contributed by atoms with Crippen molar-refractivity contribution in [1.29, 1.82) is 0 Å². The number of aromatic nitrogens is 1. The van der Waals surface area contributed by atoms with E-state index in [0.717, 1.165) is 22.9 Å². The highest BCUT2D eigenvalue weighted by atomic mass is 16.7. The SMILES string of the molecule is COCOc1ccc(OCc2ccc(OC)cn2)cc1. The zero-order chi connectivity index (χ0) is 14.2. The maximum absolute atomic E-state index is 5.63. The Kier molecular flexibility index (Phi) is 5.20. The molecular formula is C15H17NO4. The number of methoxy groups -OCH3 is 2. The predicted molar refractivity (Wildman–Crippen MR) is 74.1 cm³/mol. The van der Waals surface area contributed by atoms with Crippen molar-refractivity contribution in [2.24, 2.45) is 0 Å². The third-order valence-electron chi connectivity index (χ3n) is 2.59. The minimum absolute atomic E-state index is 0.232. The number of hydrogen-bond acceptors (Lipinski definition) is 5. The molecule has 0 aliphatic rings. The van der Waals surface area contributed by atoms with Crippen LogP contribution in [0, 0.1) is 0 Å². The van der Waals surface area contributed by atoms with Crippen molar-refractivity contribution in [1.82, 2.24) is 4.98 Å². The van der Waals surface area contributed by atoms with E-state index in [-0.39, 0.29) is 6.79 Å². The Morgan fingerprint density at radius 1 is 0.850 bits per heavy atom. The molecule has 5 nitrogen and oxygen atoms in total. The summed E-state index contributed by atoms with van der Waals surface area (Å²) in [6.45, 7) is 0.637. The summed E-state index contributed by atoms with van der Waals surface area (Å²) in [7, 11) is 3.19. The van der Waals surface area contributed by atoms with Crippen LogP contribution in [0.15, 0.2) is 42.6 Å². The molecule has 0 fully saturated rings. The van der Waals surface area contributed by atoms with Crippen LogP contribution in [0.3, 0.4) is 0 Å². The van der Waals surface area contributed by atoms with Crippen molar-refractivity contribution in [3.8, 4) is 17.2 Å². The van der Waals surface area contributed by atoms with Crippen molar-refractivity contribution < 1.29 is 18.9 Å². The predicted octanol–water partition coefficient (Wildman–Crippen LogP) is 2.65. The second-order valence-corrected chi connectivity index (χ2v) is 4.00. The first-order chi connectivity index (χ1) is 9.81. The Morgan fingerprint density at radius 2 is 1.50 bits per heavy atom. The summed E-state index contributed by atoms with van der Waals surface area (Å²) in [4.78, 5) is 4.23. The minimum atomic E-state index is 0.232. The van der Waals surface area contributed by atoms with Crippen LogP contribution in [0.1, 0.15) is 5.69 Å². The Bertz CT molecular complexity index is 510. The van der Waals surface area contributed by atoms with Crippen LogP contribution < -0.4 is 14.2 Å². The van der Waals surface area contributed by atoms with Gasteiger partial charge in [-0.05, 0) is 36.4 Å². The van der Waals surface area contributed by atoms with E-state index in [1.54, 1.807) is 20.4 Å². The van der Waals surface area contributed by atoms with Gasteiger partial charge in [0.1, 0.15) is 23.9 Å². The monoisotopic (exact) mass is 275 g/mol. The zero-order valence-electron chi connectivity index (χ0n) is 11.5. The smallest absolute Gasteiger partial charge is 0.188 e. The van der Waals surface area contributed by atoms with Crippen LogP contribution in [0.5, 0.6) is 17.2 Å². The molecule has 106 valence electrons. The molecule has 0 atom stereocenters. The van der Waals surface area contributed by atoms with Crippen molar-refractivity contribution in [2.45, 2.75) is 6.61 Å². The van der Waals surface area contributed by atoms with E-state index in [1.165, 1.54) is 0 Å². The van der Waals surface area contributed by atoms with Crippen LogP contribution in [0.2, 0.25) is 0 Å². The van der Waals surface area contributed by atoms with Crippen LogP contribution in [-0.2, 0) is 11.3 Å². The van der Waals surface area contributed by atoms with Crippen LogP contribution in [0.25, 0.3) is 0 Å². The second-order valence-electron chi connectivity index (χ2n) is 4.00. The lowest BCUT2D eigenvalue weighted by atomic mass is 10.3. The van der Waals surface area contributed by atoms with Gasteiger partial charge in [-0.1, -0.05) is 0 Å². The fraction of sp³-hybridized carbons (Fsp3) is 0.267. The zero-order valence-corrected chi connectivity index (χ0v) is 11.5. The molecule has 0 N–H and O–H groups in total. The fourth-order valence-corrected chi connectivity index (χ4v) is 1.53.